The Bertz CT molecular complexity index is 645. The number of hydrogen-bond acceptors (Lipinski definition) is 4. The van der Waals surface area contributed by atoms with Gasteiger partial charge in [-0.25, -0.2) is 9.78 Å². The number of pyridine rings is 1. The molecule has 2 unspecified atom stereocenters. The second-order valence-corrected chi connectivity index (χ2v) is 6.86. The summed E-state index contributed by atoms with van der Waals surface area (Å²) in [5, 5.41) is 2.66. The molecule has 2 fully saturated rings. The summed E-state index contributed by atoms with van der Waals surface area (Å²) in [4.78, 5) is 30.7. The first-order chi connectivity index (χ1) is 13.0. The fourth-order valence-corrected chi connectivity index (χ4v) is 3.17. The van der Waals surface area contributed by atoms with Crippen molar-refractivity contribution >= 4 is 23.8 Å². The molecule has 7 nitrogen and oxygen atoms in total. The largest absolute Gasteiger partial charge is 0.384 e. The van der Waals surface area contributed by atoms with Crippen LogP contribution in [0.2, 0.25) is 0 Å². The number of likely N-dealkylation sites (N-methyl/N-ethyl adjacent to an activating group) is 1. The summed E-state index contributed by atoms with van der Waals surface area (Å²) in [7, 11) is 0. The van der Waals surface area contributed by atoms with Gasteiger partial charge < -0.3 is 20.9 Å². The van der Waals surface area contributed by atoms with Gasteiger partial charge >= 0.3 is 6.03 Å². The van der Waals surface area contributed by atoms with Crippen molar-refractivity contribution in [3.8, 4) is 0 Å². The number of aromatic nitrogens is 1. The Morgan fingerprint density at radius 2 is 1.93 bits per heavy atom. The lowest BCUT2D eigenvalue weighted by Crippen LogP contribution is -2.42. The SMILES string of the molecule is CCN(CC)C(=O)N1CC2CC2C1.CCNC(=O)/C=C/c1ccc(N)nc1. The van der Waals surface area contributed by atoms with E-state index in [4.69, 9.17) is 5.73 Å². The predicted molar refractivity (Wildman–Crippen MR) is 108 cm³/mol. The summed E-state index contributed by atoms with van der Waals surface area (Å²) < 4.78 is 0. The van der Waals surface area contributed by atoms with Crippen molar-refractivity contribution in [1.29, 1.82) is 0 Å². The first kappa shape index (κ1) is 20.7. The summed E-state index contributed by atoms with van der Waals surface area (Å²) in [5.74, 6) is 2.06. The molecule has 1 saturated heterocycles. The van der Waals surface area contributed by atoms with Gasteiger partial charge in [0.15, 0.2) is 0 Å². The van der Waals surface area contributed by atoms with Crippen LogP contribution >= 0.6 is 0 Å². The fraction of sp³-hybridized carbons (Fsp3) is 0.550. The van der Waals surface area contributed by atoms with Crippen molar-refractivity contribution in [2.45, 2.75) is 27.2 Å². The molecular formula is C20H31N5O2. The Labute approximate surface area is 161 Å². The van der Waals surface area contributed by atoms with Crippen molar-refractivity contribution < 1.29 is 9.59 Å². The first-order valence-electron chi connectivity index (χ1n) is 9.69. The highest BCUT2D eigenvalue weighted by Gasteiger charge is 2.47. The Balaban J connectivity index is 0.000000194. The van der Waals surface area contributed by atoms with Gasteiger partial charge in [0, 0.05) is 45.0 Å². The number of nitrogens with one attached hydrogen (secondary N) is 1. The zero-order chi connectivity index (χ0) is 19.8. The van der Waals surface area contributed by atoms with E-state index < -0.39 is 0 Å². The molecule has 2 aliphatic rings. The number of nitrogens with two attached hydrogens (primary N) is 1. The van der Waals surface area contributed by atoms with E-state index in [9.17, 15) is 9.59 Å². The van der Waals surface area contributed by atoms with Gasteiger partial charge in [0.05, 0.1) is 0 Å². The van der Waals surface area contributed by atoms with Crippen LogP contribution in [0.25, 0.3) is 6.08 Å². The molecular weight excluding hydrogens is 342 g/mol. The van der Waals surface area contributed by atoms with Crippen LogP contribution in [-0.2, 0) is 4.79 Å². The number of piperidine rings is 1. The number of anilines is 1. The lowest BCUT2D eigenvalue weighted by molar-refractivity contribution is -0.116. The maximum atomic E-state index is 11.8. The number of carbonyl (C=O) groups excluding carboxylic acids is 2. The van der Waals surface area contributed by atoms with Crippen molar-refractivity contribution in [3.63, 3.8) is 0 Å². The summed E-state index contributed by atoms with van der Waals surface area (Å²) in [6.07, 6.45) is 6.14. The molecule has 27 heavy (non-hydrogen) atoms. The average molecular weight is 374 g/mol. The molecule has 3 N–H and O–H groups in total. The average Bonchev–Trinajstić information content (AvgIpc) is 3.28. The van der Waals surface area contributed by atoms with E-state index in [1.165, 1.54) is 12.5 Å². The van der Waals surface area contributed by atoms with Crippen LogP contribution in [-0.4, -0.2) is 59.4 Å². The molecule has 3 amide bonds. The molecule has 0 radical (unpaired) electrons. The number of nitrogen functional groups attached to an aromatic ring is 1. The van der Waals surface area contributed by atoms with Crippen LogP contribution in [0.5, 0.6) is 0 Å². The molecule has 1 aliphatic carbocycles. The molecule has 1 aliphatic heterocycles. The number of amides is 3. The van der Waals surface area contributed by atoms with Crippen molar-refractivity contribution in [3.05, 3.63) is 30.0 Å². The van der Waals surface area contributed by atoms with Crippen molar-refractivity contribution in [2.24, 2.45) is 11.8 Å². The van der Waals surface area contributed by atoms with Gasteiger partial charge in [-0.15, -0.1) is 0 Å². The van der Waals surface area contributed by atoms with E-state index in [2.05, 4.69) is 10.3 Å². The third-order valence-corrected chi connectivity index (χ3v) is 4.87. The number of hydrogen-bond donors (Lipinski definition) is 2. The molecule has 1 aromatic rings. The topological polar surface area (TPSA) is 91.6 Å². The molecule has 1 saturated carbocycles. The van der Waals surface area contributed by atoms with Gasteiger partial charge in [0.2, 0.25) is 5.91 Å². The van der Waals surface area contributed by atoms with Crippen molar-refractivity contribution in [2.75, 3.05) is 38.5 Å². The zero-order valence-corrected chi connectivity index (χ0v) is 16.5. The molecule has 0 bridgehead atoms. The van der Waals surface area contributed by atoms with Gasteiger partial charge in [-0.1, -0.05) is 0 Å². The molecule has 0 aromatic carbocycles. The number of carbonyl (C=O) groups is 2. The van der Waals surface area contributed by atoms with Gasteiger partial charge in [0.1, 0.15) is 5.82 Å². The predicted octanol–water partition coefficient (Wildman–Crippen LogP) is 2.21. The number of urea groups is 1. The zero-order valence-electron chi connectivity index (χ0n) is 16.5. The maximum Gasteiger partial charge on any atom is 0.319 e. The lowest BCUT2D eigenvalue weighted by Gasteiger charge is -2.26. The van der Waals surface area contributed by atoms with E-state index in [0.717, 1.165) is 43.6 Å². The van der Waals surface area contributed by atoms with Gasteiger partial charge in [-0.05, 0) is 62.8 Å². The van der Waals surface area contributed by atoms with Gasteiger partial charge in [0.25, 0.3) is 0 Å². The Kier molecular flexibility index (Phi) is 7.64. The highest BCUT2D eigenvalue weighted by molar-refractivity contribution is 5.91. The Morgan fingerprint density at radius 3 is 2.44 bits per heavy atom. The van der Waals surface area contributed by atoms with E-state index in [-0.39, 0.29) is 11.9 Å². The monoisotopic (exact) mass is 373 g/mol. The quantitative estimate of drug-likeness (QED) is 0.774. The third-order valence-electron chi connectivity index (χ3n) is 4.87. The molecule has 7 heteroatoms. The standard InChI is InChI=1S/C10H13N3O.C10H18N2O/c1-2-12-10(14)6-4-8-3-5-9(11)13-7-8;1-3-11(4-2)10(13)12-6-8-5-9(8)7-12/h3-7H,2H2,1H3,(H2,11,13)(H,12,14);8-9H,3-7H2,1-2H3/b6-4+;. The molecule has 2 atom stereocenters. The second kappa shape index (κ2) is 9.94. The number of rotatable bonds is 5. The minimum atomic E-state index is -0.107. The van der Waals surface area contributed by atoms with Crippen LogP contribution in [0.3, 0.4) is 0 Å². The highest BCUT2D eigenvalue weighted by Crippen LogP contribution is 2.45. The molecule has 3 rings (SSSR count). The maximum absolute atomic E-state index is 11.8. The highest BCUT2D eigenvalue weighted by atomic mass is 16.2. The van der Waals surface area contributed by atoms with Crippen LogP contribution < -0.4 is 11.1 Å². The molecule has 1 aromatic heterocycles. The number of nitrogens with zero attached hydrogens (tertiary/aromatic N) is 3. The third kappa shape index (κ3) is 6.27. The van der Waals surface area contributed by atoms with Gasteiger partial charge in [-0.3, -0.25) is 4.79 Å². The Hall–Kier alpha value is -2.57. The molecule has 2 heterocycles. The molecule has 0 spiro atoms. The van der Waals surface area contributed by atoms with E-state index in [0.29, 0.717) is 12.4 Å². The smallest absolute Gasteiger partial charge is 0.319 e. The summed E-state index contributed by atoms with van der Waals surface area (Å²) >= 11 is 0. The minimum absolute atomic E-state index is 0.107. The number of likely N-dealkylation sites (tertiary alicyclic amines) is 1. The van der Waals surface area contributed by atoms with Crippen LogP contribution in [0.4, 0.5) is 10.6 Å². The summed E-state index contributed by atoms with van der Waals surface area (Å²) in [6, 6.07) is 3.74. The second-order valence-electron chi connectivity index (χ2n) is 6.86. The minimum Gasteiger partial charge on any atom is -0.384 e. The van der Waals surface area contributed by atoms with E-state index in [1.807, 2.05) is 30.6 Å². The lowest BCUT2D eigenvalue weighted by atomic mass is 10.2. The Morgan fingerprint density at radius 1 is 1.26 bits per heavy atom. The number of fused-ring (bicyclic) bond motifs is 1. The fourth-order valence-electron chi connectivity index (χ4n) is 3.17. The summed E-state index contributed by atoms with van der Waals surface area (Å²) in [6.45, 7) is 10.3. The van der Waals surface area contributed by atoms with Gasteiger partial charge in [-0.2, -0.15) is 0 Å². The normalized spacial score (nSPS) is 19.9. The van der Waals surface area contributed by atoms with Crippen LogP contribution in [0.1, 0.15) is 32.8 Å². The summed E-state index contributed by atoms with van der Waals surface area (Å²) in [5.41, 5.74) is 6.27. The molecule has 148 valence electrons. The van der Waals surface area contributed by atoms with E-state index in [1.54, 1.807) is 24.4 Å². The van der Waals surface area contributed by atoms with Crippen molar-refractivity contribution in [1.82, 2.24) is 20.1 Å². The first-order valence-corrected chi connectivity index (χ1v) is 9.69. The van der Waals surface area contributed by atoms with Crippen LogP contribution in [0, 0.1) is 11.8 Å². The van der Waals surface area contributed by atoms with Crippen LogP contribution in [0.15, 0.2) is 24.4 Å². The van der Waals surface area contributed by atoms with E-state index >= 15 is 0 Å².